The first-order valence-electron chi connectivity index (χ1n) is 5.53. The van der Waals surface area contributed by atoms with E-state index in [0.29, 0.717) is 0 Å². The molecule has 0 spiro atoms. The smallest absolute Gasteiger partial charge is 0.295 e. The minimum Gasteiger partial charge on any atom is -0.376 e. The van der Waals surface area contributed by atoms with Gasteiger partial charge in [0.2, 0.25) is 0 Å². The number of nitrogens with one attached hydrogen (secondary N) is 1. The molecule has 4 nitrogen and oxygen atoms in total. The molecule has 100 valence electrons. The number of nitrogens with zero attached hydrogens (tertiary/aromatic N) is 1. The number of halogens is 2. The minimum absolute atomic E-state index is 0.0299. The van der Waals surface area contributed by atoms with Crippen LogP contribution in [0.3, 0.4) is 0 Å². The summed E-state index contributed by atoms with van der Waals surface area (Å²) in [6.45, 7) is 7.91. The highest BCUT2D eigenvalue weighted by atomic mass is 35.5. The SMILES string of the molecule is CC(Nc1cc(Cl)c(F)cc1[N+](=O)[O-])C(C)(C)C. The van der Waals surface area contributed by atoms with E-state index in [0.717, 1.165) is 6.07 Å². The predicted octanol–water partition coefficient (Wildman–Crippen LogP) is 4.23. The molecule has 0 amide bonds. The molecular weight excluding hydrogens is 259 g/mol. The van der Waals surface area contributed by atoms with Gasteiger partial charge >= 0.3 is 0 Å². The summed E-state index contributed by atoms with van der Waals surface area (Å²) in [5, 5.41) is 13.7. The van der Waals surface area contributed by atoms with E-state index in [4.69, 9.17) is 11.6 Å². The van der Waals surface area contributed by atoms with Crippen molar-refractivity contribution in [1.82, 2.24) is 0 Å². The van der Waals surface area contributed by atoms with Gasteiger partial charge in [0.1, 0.15) is 11.5 Å². The van der Waals surface area contributed by atoms with Gasteiger partial charge in [-0.1, -0.05) is 32.4 Å². The molecule has 0 aromatic heterocycles. The Bertz CT molecular complexity index is 472. The summed E-state index contributed by atoms with van der Waals surface area (Å²) in [6, 6.07) is 2.05. The van der Waals surface area contributed by atoms with Crippen LogP contribution < -0.4 is 5.32 Å². The molecular formula is C12H16ClFN2O2. The fraction of sp³-hybridized carbons (Fsp3) is 0.500. The lowest BCUT2D eigenvalue weighted by molar-refractivity contribution is -0.384. The van der Waals surface area contributed by atoms with E-state index in [1.165, 1.54) is 6.07 Å². The summed E-state index contributed by atoms with van der Waals surface area (Å²) < 4.78 is 13.2. The van der Waals surface area contributed by atoms with Gasteiger partial charge in [0.15, 0.2) is 0 Å². The molecule has 0 aliphatic heterocycles. The summed E-state index contributed by atoms with van der Waals surface area (Å²) in [4.78, 5) is 10.2. The number of hydrogen-bond donors (Lipinski definition) is 1. The van der Waals surface area contributed by atoms with Crippen molar-refractivity contribution in [3.8, 4) is 0 Å². The molecule has 6 heteroatoms. The highest BCUT2D eigenvalue weighted by Crippen LogP contribution is 2.32. The van der Waals surface area contributed by atoms with E-state index >= 15 is 0 Å². The van der Waals surface area contributed by atoms with Crippen molar-refractivity contribution in [1.29, 1.82) is 0 Å². The molecule has 0 aliphatic rings. The molecule has 0 fully saturated rings. The zero-order chi connectivity index (χ0) is 14.1. The Hall–Kier alpha value is -1.36. The number of hydrogen-bond acceptors (Lipinski definition) is 3. The van der Waals surface area contributed by atoms with E-state index in [9.17, 15) is 14.5 Å². The molecule has 0 saturated heterocycles. The molecule has 0 radical (unpaired) electrons. The van der Waals surface area contributed by atoms with Crippen molar-refractivity contribution in [3.05, 3.63) is 33.1 Å². The van der Waals surface area contributed by atoms with Crippen LogP contribution in [0.25, 0.3) is 0 Å². The Morgan fingerprint density at radius 3 is 2.44 bits per heavy atom. The van der Waals surface area contributed by atoms with E-state index in [-0.39, 0.29) is 27.9 Å². The molecule has 1 unspecified atom stereocenters. The molecule has 0 heterocycles. The molecule has 1 atom stereocenters. The third-order valence-electron chi connectivity index (χ3n) is 2.91. The van der Waals surface area contributed by atoms with Crippen molar-refractivity contribution >= 4 is 23.0 Å². The van der Waals surface area contributed by atoms with Gasteiger partial charge in [-0.3, -0.25) is 10.1 Å². The Morgan fingerprint density at radius 1 is 1.44 bits per heavy atom. The van der Waals surface area contributed by atoms with Crippen molar-refractivity contribution in [2.24, 2.45) is 5.41 Å². The summed E-state index contributed by atoms with van der Waals surface area (Å²) in [6.07, 6.45) is 0. The first-order chi connectivity index (χ1) is 8.12. The van der Waals surface area contributed by atoms with Crippen molar-refractivity contribution in [2.75, 3.05) is 5.32 Å². The average molecular weight is 275 g/mol. The molecule has 0 aliphatic carbocycles. The van der Waals surface area contributed by atoms with Gasteiger partial charge in [-0.15, -0.1) is 0 Å². The van der Waals surface area contributed by atoms with Gasteiger partial charge in [-0.25, -0.2) is 4.39 Å². The van der Waals surface area contributed by atoms with Crippen LogP contribution >= 0.6 is 11.6 Å². The zero-order valence-corrected chi connectivity index (χ0v) is 11.5. The summed E-state index contributed by atoms with van der Waals surface area (Å²) in [5.41, 5.74) is -0.170. The van der Waals surface area contributed by atoms with Gasteiger partial charge in [-0.05, 0) is 18.4 Å². The second-order valence-corrected chi connectivity index (χ2v) is 5.68. The van der Waals surface area contributed by atoms with E-state index < -0.39 is 10.7 Å². The first kappa shape index (κ1) is 14.7. The van der Waals surface area contributed by atoms with Gasteiger partial charge in [0.25, 0.3) is 5.69 Å². The predicted molar refractivity (Wildman–Crippen MR) is 70.6 cm³/mol. The molecule has 1 aromatic carbocycles. The normalized spacial score (nSPS) is 13.2. The summed E-state index contributed by atoms with van der Waals surface area (Å²) >= 11 is 5.65. The lowest BCUT2D eigenvalue weighted by atomic mass is 9.88. The number of nitro benzene ring substituents is 1. The number of benzene rings is 1. The Balaban J connectivity index is 3.15. The lowest BCUT2D eigenvalue weighted by Gasteiger charge is -2.28. The third-order valence-corrected chi connectivity index (χ3v) is 3.20. The average Bonchev–Trinajstić information content (AvgIpc) is 2.21. The quantitative estimate of drug-likeness (QED) is 0.663. The molecule has 1 aromatic rings. The number of anilines is 1. The number of rotatable bonds is 3. The minimum atomic E-state index is -0.794. The van der Waals surface area contributed by atoms with Crippen molar-refractivity contribution in [3.63, 3.8) is 0 Å². The summed E-state index contributed by atoms with van der Waals surface area (Å²) in [7, 11) is 0. The monoisotopic (exact) mass is 274 g/mol. The fourth-order valence-electron chi connectivity index (χ4n) is 1.25. The number of nitro groups is 1. The Kier molecular flexibility index (Phi) is 4.16. The molecule has 1 N–H and O–H groups in total. The second-order valence-electron chi connectivity index (χ2n) is 5.27. The zero-order valence-electron chi connectivity index (χ0n) is 10.8. The second kappa shape index (κ2) is 5.10. The van der Waals surface area contributed by atoms with Crippen LogP contribution in [0.15, 0.2) is 12.1 Å². The molecule has 1 rings (SSSR count). The van der Waals surface area contributed by atoms with E-state index in [1.54, 1.807) is 0 Å². The topological polar surface area (TPSA) is 55.2 Å². The fourth-order valence-corrected chi connectivity index (χ4v) is 1.42. The van der Waals surface area contributed by atoms with E-state index in [1.807, 2.05) is 27.7 Å². The van der Waals surface area contributed by atoms with Crippen LogP contribution in [0.5, 0.6) is 0 Å². The van der Waals surface area contributed by atoms with Crippen molar-refractivity contribution in [2.45, 2.75) is 33.7 Å². The largest absolute Gasteiger partial charge is 0.376 e. The van der Waals surface area contributed by atoms with Crippen LogP contribution in [0.4, 0.5) is 15.8 Å². The van der Waals surface area contributed by atoms with Gasteiger partial charge in [0, 0.05) is 6.04 Å². The van der Waals surface area contributed by atoms with E-state index in [2.05, 4.69) is 5.32 Å². The Morgan fingerprint density at radius 2 is 2.00 bits per heavy atom. The van der Waals surface area contributed by atoms with Crippen LogP contribution in [0.1, 0.15) is 27.7 Å². The van der Waals surface area contributed by atoms with Gasteiger partial charge < -0.3 is 5.32 Å². The highest BCUT2D eigenvalue weighted by molar-refractivity contribution is 6.31. The maximum absolute atomic E-state index is 13.2. The standard InChI is InChI=1S/C12H16ClFN2O2/c1-7(12(2,3)4)15-10-5-8(13)9(14)6-11(10)16(17)18/h5-7,15H,1-4H3. The van der Waals surface area contributed by atoms with Crippen molar-refractivity contribution < 1.29 is 9.31 Å². The van der Waals surface area contributed by atoms with Crippen LogP contribution in [-0.4, -0.2) is 11.0 Å². The maximum atomic E-state index is 13.2. The third kappa shape index (κ3) is 3.32. The van der Waals surface area contributed by atoms with Gasteiger partial charge in [0.05, 0.1) is 16.0 Å². The van der Waals surface area contributed by atoms with Crippen LogP contribution in [0, 0.1) is 21.3 Å². The summed E-state index contributed by atoms with van der Waals surface area (Å²) in [5.74, 6) is -0.794. The molecule has 18 heavy (non-hydrogen) atoms. The molecule has 0 bridgehead atoms. The molecule has 0 saturated carbocycles. The van der Waals surface area contributed by atoms with Crippen LogP contribution in [0.2, 0.25) is 5.02 Å². The Labute approximate surface area is 110 Å². The first-order valence-corrected chi connectivity index (χ1v) is 5.90. The lowest BCUT2D eigenvalue weighted by Crippen LogP contribution is -2.31. The maximum Gasteiger partial charge on any atom is 0.295 e. The van der Waals surface area contributed by atoms with Gasteiger partial charge in [-0.2, -0.15) is 0 Å². The highest BCUT2D eigenvalue weighted by Gasteiger charge is 2.24. The van der Waals surface area contributed by atoms with Crippen LogP contribution in [-0.2, 0) is 0 Å².